The van der Waals surface area contributed by atoms with Crippen LogP contribution in [0, 0.1) is 23.7 Å². The van der Waals surface area contributed by atoms with Gasteiger partial charge in [0.2, 0.25) is 0 Å². The summed E-state index contributed by atoms with van der Waals surface area (Å²) in [7, 11) is 0. The molecule has 5 aromatic carbocycles. The van der Waals surface area contributed by atoms with Gasteiger partial charge in [-0.05, 0) is 307 Å². The minimum atomic E-state index is -1.15. The summed E-state index contributed by atoms with van der Waals surface area (Å²) in [6.07, 6.45) is 42.5. The summed E-state index contributed by atoms with van der Waals surface area (Å²) in [5, 5.41) is 114. The largest absolute Gasteiger partial charge is 0.508 e. The second-order valence-corrected chi connectivity index (χ2v) is 37.8. The van der Waals surface area contributed by atoms with Crippen LogP contribution in [-0.2, 0) is 38.5 Å². The standard InChI is InChI=1S/2C22H30O4.C22H32O4.2C21H30O2.2C2H6/c1-5-6-7-8-14-12-17-19(20(23)18(14)21(24)25)15-11-13(2)9-10-16(15)22(3,4)26-17;1-5-6-7-8-15-12-18(23)20(21(24)19(15)22(25)26)17-11-14(4)9-10-16(17)13(2)3;1-5-6-7-11-17-14-19(23)18(21(24)20(17)22(25)26)13-12-16(4)10-8-9-15(2)3;1-5-6-7-8-15-12-18(22)20-16-11-14(2)9-10-17(16)21(3,4)23-19(20)13-15;1-5-6-7-8-16-12-19(22)21(20(23)13-16)18-11-15(4)9-10-17(18)14(2)3;2*1-2/h11-12,15-16,23H,5-10H2,1-4H3,(H,24,25);11-12,16-17,23-24H,2,5-10H2,1,3-4H3,(H,25,26);9,12,14,23-24H,5-8,10-11,13H2,1-4H3,(H,25,26);11-13,16-17,22H,5-10H2,1-4H3;11-13,17-18,22-23H,2,5-10H2,1,3-4H3;2*1-2H3/b;;16-12+;;;;/t15?,16-;16-,17?;;16?,17-;17-,18?;;/m10.10../s1. The van der Waals surface area contributed by atoms with Crippen LogP contribution >= 0.6 is 0 Å². The number of unbranched alkanes of at least 4 members (excludes halogenated alkanes) is 10. The minimum Gasteiger partial charge on any atom is -0.508 e. The summed E-state index contributed by atoms with van der Waals surface area (Å²) in [4.78, 5) is 35.3. The van der Waals surface area contributed by atoms with Crippen LogP contribution in [-0.4, -0.2) is 85.3 Å². The Balaban J connectivity index is 0.000000281. The van der Waals surface area contributed by atoms with E-state index in [2.05, 4.69) is 140 Å². The van der Waals surface area contributed by atoms with Crippen molar-refractivity contribution in [3.8, 4) is 57.5 Å². The van der Waals surface area contributed by atoms with Gasteiger partial charge in [-0.2, -0.15) is 0 Å². The number of aryl methyl sites for hydroxylation is 5. The lowest BCUT2D eigenvalue weighted by Crippen LogP contribution is -2.45. The number of hydrogen-bond acceptors (Lipinski definition) is 13. The Kier molecular flexibility index (Phi) is 44.5. The van der Waals surface area contributed by atoms with Gasteiger partial charge in [0.1, 0.15) is 85.4 Å². The van der Waals surface area contributed by atoms with Gasteiger partial charge in [-0.3, -0.25) is 0 Å². The Morgan fingerprint density at radius 2 is 0.727 bits per heavy atom. The zero-order chi connectivity index (χ0) is 95.8. The molecule has 0 fully saturated rings. The van der Waals surface area contributed by atoms with Crippen molar-refractivity contribution in [1.29, 1.82) is 0 Å². The second kappa shape index (κ2) is 52.3. The average molecular weight is 1770 g/mol. The Labute approximate surface area is 770 Å². The first-order chi connectivity index (χ1) is 60.7. The number of benzene rings is 5. The van der Waals surface area contributed by atoms with Gasteiger partial charge in [0, 0.05) is 63.3 Å². The van der Waals surface area contributed by atoms with Crippen LogP contribution in [0.3, 0.4) is 0 Å². The van der Waals surface area contributed by atoms with Gasteiger partial charge in [0.05, 0.1) is 0 Å². The summed E-state index contributed by atoms with van der Waals surface area (Å²) < 4.78 is 12.7. The fraction of sp³-hybridized carbons (Fsp3) is 0.562. The molecule has 2 heterocycles. The first-order valence-corrected chi connectivity index (χ1v) is 48.5. The third kappa shape index (κ3) is 29.7. The molecule has 4 unspecified atom stereocenters. The first-order valence-electron chi connectivity index (χ1n) is 48.5. The highest BCUT2D eigenvalue weighted by Crippen LogP contribution is 2.57. The van der Waals surface area contributed by atoms with Gasteiger partial charge in [0.25, 0.3) is 0 Å². The smallest absolute Gasteiger partial charge is 0.339 e. The van der Waals surface area contributed by atoms with Crippen LogP contribution in [0.5, 0.6) is 57.5 Å². The lowest BCUT2D eigenvalue weighted by Gasteiger charge is -2.46. The Bertz CT molecular complexity index is 4710. The Morgan fingerprint density at radius 3 is 1.12 bits per heavy atom. The third-order valence-corrected chi connectivity index (χ3v) is 26.4. The average Bonchev–Trinajstić information content (AvgIpc) is 0.739. The minimum absolute atomic E-state index is 0.00490. The van der Waals surface area contributed by atoms with Crippen LogP contribution in [0.15, 0.2) is 137 Å². The van der Waals surface area contributed by atoms with Crippen molar-refractivity contribution in [2.75, 3.05) is 0 Å². The number of phenolic OH excluding ortho intramolecular Hbond substituents is 5. The van der Waals surface area contributed by atoms with Crippen molar-refractivity contribution in [3.05, 3.63) is 209 Å². The van der Waals surface area contributed by atoms with Gasteiger partial charge >= 0.3 is 17.9 Å². The molecule has 6 aliphatic rings. The van der Waals surface area contributed by atoms with Crippen molar-refractivity contribution in [1.82, 2.24) is 0 Å². The number of rotatable bonds is 32. The highest BCUT2D eigenvalue weighted by atomic mass is 16.5. The molecular weight excluding hydrogens is 1600 g/mol. The Hall–Kier alpha value is -9.57. The number of allylic oxidation sites excluding steroid dienone is 14. The highest BCUT2D eigenvalue weighted by molar-refractivity contribution is 5.95. The summed E-state index contributed by atoms with van der Waals surface area (Å²) in [5.41, 5.74) is 15.9. The summed E-state index contributed by atoms with van der Waals surface area (Å²) in [6, 6.07) is 12.7. The van der Waals surface area contributed by atoms with E-state index in [9.17, 15) is 70.6 Å². The van der Waals surface area contributed by atoms with Crippen molar-refractivity contribution in [3.63, 3.8) is 0 Å². The van der Waals surface area contributed by atoms with Gasteiger partial charge in [-0.15, -0.1) is 0 Å². The molecule has 5 aromatic rings. The van der Waals surface area contributed by atoms with Gasteiger partial charge in [-0.1, -0.05) is 221 Å². The van der Waals surface area contributed by atoms with E-state index in [-0.39, 0.29) is 115 Å². The fourth-order valence-electron chi connectivity index (χ4n) is 19.4. The van der Waals surface area contributed by atoms with E-state index in [1.807, 2.05) is 91.8 Å². The van der Waals surface area contributed by atoms with Crippen molar-refractivity contribution in [2.45, 2.75) is 386 Å². The molecule has 708 valence electrons. The van der Waals surface area contributed by atoms with E-state index in [1.54, 1.807) is 0 Å². The lowest BCUT2D eigenvalue weighted by molar-refractivity contribution is 0.0103. The van der Waals surface area contributed by atoms with Crippen LogP contribution in [0.25, 0.3) is 0 Å². The number of carboxylic acid groups (broad SMARTS) is 3. The number of carbonyl (C=O) groups is 3. The van der Waals surface area contributed by atoms with Gasteiger partial charge in [-0.25, -0.2) is 14.4 Å². The highest BCUT2D eigenvalue weighted by Gasteiger charge is 2.48. The lowest BCUT2D eigenvalue weighted by atomic mass is 9.67. The number of phenols is 8. The van der Waals surface area contributed by atoms with E-state index in [0.717, 1.165) is 175 Å². The van der Waals surface area contributed by atoms with Gasteiger partial charge < -0.3 is 65.6 Å². The summed E-state index contributed by atoms with van der Waals surface area (Å²) >= 11 is 0. The SMILES string of the molecule is C=C(C)[C@@H]1CCC(C)=CC1c1c(O)cc(CCCCC)c(C(=O)O)c1O.C=C(C)[C@@H]1CCC(C)=CC1c1c(O)cc(CCCCC)cc1O.CC.CC.CCCCCc1cc(O)c(C/C=C(\C)CCC=C(C)C)c(O)c1C(=O)O.CCCCCc1cc(O)c2c(c1)OC(C)(C)[C@@H]1CCC(C)=CC21.CCCCCc1cc2c(c(O)c1C(=O)O)C1C=C(C)CC[C@H]1C(C)(C)O2. The molecule has 0 radical (unpaired) electrons. The molecule has 16 heteroatoms. The molecule has 11 rings (SSSR count). The van der Waals surface area contributed by atoms with E-state index >= 15 is 0 Å². The molecular formula is C112H164O16. The monoisotopic (exact) mass is 1770 g/mol. The van der Waals surface area contributed by atoms with Gasteiger partial charge in [0.15, 0.2) is 0 Å². The van der Waals surface area contributed by atoms with E-state index in [1.165, 1.54) is 77.7 Å². The first kappa shape index (κ1) is 109. The van der Waals surface area contributed by atoms with Crippen molar-refractivity contribution >= 4 is 17.9 Å². The van der Waals surface area contributed by atoms with Crippen LogP contribution < -0.4 is 9.47 Å². The Morgan fingerprint density at radius 1 is 0.398 bits per heavy atom. The normalized spacial score (nSPS) is 19.5. The molecule has 0 aromatic heterocycles. The number of aromatic carboxylic acids is 3. The third-order valence-electron chi connectivity index (χ3n) is 26.4. The number of fused-ring (bicyclic) bond motifs is 6. The topological polar surface area (TPSA) is 292 Å². The molecule has 16 nitrogen and oxygen atoms in total. The molecule has 8 atom stereocenters. The number of hydrogen-bond donors (Lipinski definition) is 11. The van der Waals surface area contributed by atoms with Crippen LogP contribution in [0.4, 0.5) is 0 Å². The maximum absolute atomic E-state index is 11.9. The molecule has 0 saturated heterocycles. The quantitative estimate of drug-likeness (QED) is 0.0141. The van der Waals surface area contributed by atoms with Crippen LogP contribution in [0.1, 0.15) is 423 Å². The molecule has 2 aliphatic heterocycles. The number of ether oxygens (including phenoxy) is 2. The second-order valence-electron chi connectivity index (χ2n) is 37.8. The fourth-order valence-corrected chi connectivity index (χ4v) is 19.4. The number of aromatic hydroxyl groups is 8. The van der Waals surface area contributed by atoms with Crippen molar-refractivity contribution < 1.29 is 80.0 Å². The zero-order valence-electron chi connectivity index (χ0n) is 82.4. The van der Waals surface area contributed by atoms with Crippen LogP contribution in [0.2, 0.25) is 0 Å². The molecule has 11 N–H and O–H groups in total. The van der Waals surface area contributed by atoms with E-state index in [0.29, 0.717) is 76.5 Å². The molecule has 128 heavy (non-hydrogen) atoms. The van der Waals surface area contributed by atoms with Crippen molar-refractivity contribution in [2.24, 2.45) is 23.7 Å². The molecule has 0 amide bonds. The molecule has 4 aliphatic carbocycles. The van der Waals surface area contributed by atoms with E-state index < -0.39 is 17.9 Å². The predicted molar refractivity (Wildman–Crippen MR) is 527 cm³/mol. The molecule has 0 saturated carbocycles. The summed E-state index contributed by atoms with van der Waals surface area (Å²) in [6.45, 7) is 54.0. The molecule has 0 bridgehead atoms. The van der Waals surface area contributed by atoms with E-state index in [4.69, 9.17) is 9.47 Å². The summed E-state index contributed by atoms with van der Waals surface area (Å²) in [5.74, 6) is -0.652. The predicted octanol–water partition coefficient (Wildman–Crippen LogP) is 30.4. The number of carboxylic acids is 3. The maximum atomic E-state index is 11.9. The maximum Gasteiger partial charge on any atom is 0.339 e. The zero-order valence-corrected chi connectivity index (χ0v) is 82.4. The molecule has 0 spiro atoms.